The standard InChI is InChI=1S/C56H37N3O/c1-36-33-52(60-51-26-12-11-21-44(36)51)49-32-31-48(46-22-9-10-23-47(46)49)50-25-14-24-45(53(50)43-20-13-15-38(34-43)35-57)39-27-29-42(30-28-39)56-58-54(40-16-5-3-6-17-40)37(2)55(59-56)41-18-7-4-8-19-41/h3-34H,1H2,2H3. The van der Waals surface area contributed by atoms with E-state index in [2.05, 4.69) is 129 Å². The summed E-state index contributed by atoms with van der Waals surface area (Å²) in [6.45, 7) is 6.45. The molecule has 0 aliphatic carbocycles. The van der Waals surface area contributed by atoms with Crippen LogP contribution in [-0.2, 0) is 0 Å². The van der Waals surface area contributed by atoms with Crippen LogP contribution in [0.1, 0.15) is 22.3 Å². The number of hydrogen-bond acceptors (Lipinski definition) is 4. The first-order valence-corrected chi connectivity index (χ1v) is 20.0. The van der Waals surface area contributed by atoms with Crippen molar-refractivity contribution in [2.24, 2.45) is 0 Å². The third kappa shape index (κ3) is 6.55. The van der Waals surface area contributed by atoms with Gasteiger partial charge in [-0.05, 0) is 87.0 Å². The number of fused-ring (bicyclic) bond motifs is 2. The number of para-hydroxylation sites is 1. The second kappa shape index (κ2) is 15.3. The highest BCUT2D eigenvalue weighted by atomic mass is 16.5. The molecule has 2 heterocycles. The molecule has 0 spiro atoms. The van der Waals surface area contributed by atoms with Crippen LogP contribution in [0.2, 0.25) is 0 Å². The normalized spacial score (nSPS) is 12.0. The van der Waals surface area contributed by atoms with Crippen molar-refractivity contribution in [2.75, 3.05) is 0 Å². The lowest BCUT2D eigenvalue weighted by Crippen LogP contribution is -2.04. The maximum atomic E-state index is 10.0. The van der Waals surface area contributed by atoms with Gasteiger partial charge in [-0.1, -0.05) is 170 Å². The fourth-order valence-corrected chi connectivity index (χ4v) is 8.36. The number of benzene rings is 8. The van der Waals surface area contributed by atoms with E-state index in [1.54, 1.807) is 0 Å². The van der Waals surface area contributed by atoms with Crippen LogP contribution in [0.25, 0.3) is 89.4 Å². The molecule has 0 saturated heterocycles. The molecule has 0 atom stereocenters. The van der Waals surface area contributed by atoms with E-state index in [-0.39, 0.29) is 0 Å². The number of aromatic nitrogens is 2. The van der Waals surface area contributed by atoms with E-state index in [0.29, 0.717) is 11.4 Å². The number of ether oxygens (including phenoxy) is 1. The molecule has 282 valence electrons. The lowest BCUT2D eigenvalue weighted by molar-refractivity contribution is 0.510. The Kier molecular flexibility index (Phi) is 9.25. The van der Waals surface area contributed by atoms with Gasteiger partial charge >= 0.3 is 0 Å². The molecule has 4 heteroatoms. The van der Waals surface area contributed by atoms with Crippen LogP contribution in [-0.4, -0.2) is 9.97 Å². The lowest BCUT2D eigenvalue weighted by Gasteiger charge is -2.22. The molecule has 0 N–H and O–H groups in total. The summed E-state index contributed by atoms with van der Waals surface area (Å²) >= 11 is 0. The number of nitrogens with zero attached hydrogens (tertiary/aromatic N) is 3. The number of rotatable bonds is 7. The first-order chi connectivity index (χ1) is 29.5. The third-order valence-corrected chi connectivity index (χ3v) is 11.3. The van der Waals surface area contributed by atoms with Gasteiger partial charge in [0.1, 0.15) is 11.5 Å². The van der Waals surface area contributed by atoms with E-state index in [9.17, 15) is 5.26 Å². The van der Waals surface area contributed by atoms with E-state index < -0.39 is 0 Å². The van der Waals surface area contributed by atoms with E-state index in [1.165, 1.54) is 0 Å². The zero-order valence-corrected chi connectivity index (χ0v) is 32.9. The Morgan fingerprint density at radius 2 is 1.03 bits per heavy atom. The van der Waals surface area contributed by atoms with Crippen LogP contribution in [0, 0.1) is 18.3 Å². The Hall–Kier alpha value is -8.13. The van der Waals surface area contributed by atoms with Crippen molar-refractivity contribution >= 4 is 22.1 Å². The summed E-state index contributed by atoms with van der Waals surface area (Å²) in [6, 6.07) is 66.7. The van der Waals surface area contributed by atoms with E-state index >= 15 is 0 Å². The summed E-state index contributed by atoms with van der Waals surface area (Å²) in [5.74, 6) is 2.23. The molecule has 0 amide bonds. The van der Waals surface area contributed by atoms with Gasteiger partial charge in [-0.15, -0.1) is 0 Å². The summed E-state index contributed by atoms with van der Waals surface area (Å²) in [4.78, 5) is 10.3. The van der Waals surface area contributed by atoms with Crippen LogP contribution >= 0.6 is 0 Å². The number of hydrogen-bond donors (Lipinski definition) is 0. The van der Waals surface area contributed by atoms with E-state index in [0.717, 1.165) is 106 Å². The second-order valence-corrected chi connectivity index (χ2v) is 14.9. The van der Waals surface area contributed by atoms with Crippen molar-refractivity contribution in [1.82, 2.24) is 9.97 Å². The quantitative estimate of drug-likeness (QED) is 0.162. The number of nitriles is 1. The van der Waals surface area contributed by atoms with Gasteiger partial charge in [0, 0.05) is 33.4 Å². The molecular weight excluding hydrogens is 731 g/mol. The highest BCUT2D eigenvalue weighted by Gasteiger charge is 2.22. The molecule has 4 nitrogen and oxygen atoms in total. The lowest BCUT2D eigenvalue weighted by atomic mass is 9.84. The van der Waals surface area contributed by atoms with Crippen molar-refractivity contribution in [3.8, 4) is 79.1 Å². The van der Waals surface area contributed by atoms with E-state index in [4.69, 9.17) is 14.7 Å². The van der Waals surface area contributed by atoms with Gasteiger partial charge in [-0.2, -0.15) is 5.26 Å². The summed E-state index contributed by atoms with van der Waals surface area (Å²) < 4.78 is 6.50. The Morgan fingerprint density at radius 1 is 0.483 bits per heavy atom. The highest BCUT2D eigenvalue weighted by Crippen LogP contribution is 2.45. The molecule has 60 heavy (non-hydrogen) atoms. The summed E-state index contributed by atoms with van der Waals surface area (Å²) in [7, 11) is 0. The van der Waals surface area contributed by atoms with Crippen LogP contribution in [0.4, 0.5) is 0 Å². The first-order valence-electron chi connectivity index (χ1n) is 20.0. The van der Waals surface area contributed by atoms with Crippen molar-refractivity contribution < 1.29 is 4.74 Å². The molecule has 0 unspecified atom stereocenters. The van der Waals surface area contributed by atoms with Gasteiger partial charge in [0.25, 0.3) is 0 Å². The summed E-state index contributed by atoms with van der Waals surface area (Å²) in [6.07, 6.45) is 2.03. The first kappa shape index (κ1) is 36.2. The predicted molar refractivity (Wildman–Crippen MR) is 246 cm³/mol. The van der Waals surface area contributed by atoms with Crippen LogP contribution < -0.4 is 4.74 Å². The molecule has 1 aliphatic rings. The van der Waals surface area contributed by atoms with Gasteiger partial charge in [0.2, 0.25) is 0 Å². The SMILES string of the molecule is C=C1C=C(c2ccc(-c3cccc(-c4ccc(-c5nc(-c6ccccc6)c(C)c(-c6ccccc6)n5)cc4)c3-c3cccc(C#N)c3)c3ccccc23)Oc2ccccc21. The number of allylic oxidation sites excluding steroid dienone is 2. The largest absolute Gasteiger partial charge is 0.456 e. The van der Waals surface area contributed by atoms with Crippen LogP contribution in [0.15, 0.2) is 201 Å². The van der Waals surface area contributed by atoms with Crippen molar-refractivity contribution in [3.63, 3.8) is 0 Å². The zero-order chi connectivity index (χ0) is 40.6. The fraction of sp³-hybridized carbons (Fsp3) is 0.0179. The Balaban J connectivity index is 1.11. The molecule has 1 aromatic heterocycles. The van der Waals surface area contributed by atoms with Crippen molar-refractivity contribution in [2.45, 2.75) is 6.92 Å². The topological polar surface area (TPSA) is 58.8 Å². The van der Waals surface area contributed by atoms with Crippen molar-refractivity contribution in [1.29, 1.82) is 5.26 Å². The maximum absolute atomic E-state index is 10.0. The van der Waals surface area contributed by atoms with Crippen LogP contribution in [0.5, 0.6) is 5.75 Å². The molecule has 0 radical (unpaired) electrons. The van der Waals surface area contributed by atoms with Crippen LogP contribution in [0.3, 0.4) is 0 Å². The minimum Gasteiger partial charge on any atom is -0.456 e. The molecular formula is C56H37N3O. The molecule has 8 aromatic carbocycles. The average Bonchev–Trinajstić information content (AvgIpc) is 3.31. The Morgan fingerprint density at radius 3 is 1.73 bits per heavy atom. The molecule has 10 rings (SSSR count). The minimum atomic E-state index is 0.602. The minimum absolute atomic E-state index is 0.602. The summed E-state index contributed by atoms with van der Waals surface area (Å²) in [5, 5.41) is 12.2. The molecule has 1 aliphatic heterocycles. The smallest absolute Gasteiger partial charge is 0.160 e. The molecule has 0 saturated carbocycles. The van der Waals surface area contributed by atoms with Crippen molar-refractivity contribution in [3.05, 3.63) is 223 Å². The van der Waals surface area contributed by atoms with Gasteiger partial charge < -0.3 is 4.74 Å². The van der Waals surface area contributed by atoms with E-state index in [1.807, 2.05) is 84.9 Å². The Labute approximate surface area is 349 Å². The summed E-state index contributed by atoms with van der Waals surface area (Å²) in [5.41, 5.74) is 15.6. The Bertz CT molecular complexity index is 3130. The predicted octanol–water partition coefficient (Wildman–Crippen LogP) is 14.3. The maximum Gasteiger partial charge on any atom is 0.160 e. The molecule has 9 aromatic rings. The van der Waals surface area contributed by atoms with Gasteiger partial charge in [0.15, 0.2) is 5.82 Å². The highest BCUT2D eigenvalue weighted by molar-refractivity contribution is 6.07. The zero-order valence-electron chi connectivity index (χ0n) is 32.9. The second-order valence-electron chi connectivity index (χ2n) is 14.9. The molecule has 0 bridgehead atoms. The van der Waals surface area contributed by atoms with Gasteiger partial charge in [-0.25, -0.2) is 9.97 Å². The molecule has 0 fully saturated rings. The van der Waals surface area contributed by atoms with Gasteiger partial charge in [-0.3, -0.25) is 0 Å². The van der Waals surface area contributed by atoms with Gasteiger partial charge in [0.05, 0.1) is 23.0 Å². The third-order valence-electron chi connectivity index (χ3n) is 11.3. The average molecular weight is 768 g/mol. The fourth-order valence-electron chi connectivity index (χ4n) is 8.36. The monoisotopic (exact) mass is 767 g/mol.